The number of aliphatic imine (C=N–C) groups is 1. The number of nitrogens with zero attached hydrogens (tertiary/aromatic N) is 2. The largest absolute Gasteiger partial charge is 0.416 e. The Kier molecular flexibility index (Phi) is 9.62. The van der Waals surface area contributed by atoms with Gasteiger partial charge in [0.05, 0.1) is 5.56 Å². The van der Waals surface area contributed by atoms with Gasteiger partial charge in [0.1, 0.15) is 5.82 Å². The standard InChI is InChI=1S/C17H24F4N4.HI/c1-22-16(23-7-4-10-25-8-2-3-9-25)24-12-13-5-6-14(18)11-15(13)17(19,20)21;/h5-6,11H,2-4,7-10,12H2,1H3,(H2,22,23,24);1H. The number of likely N-dealkylation sites (tertiary alicyclic amines) is 1. The first kappa shape index (κ1) is 22.9. The predicted octanol–water partition coefficient (Wildman–Crippen LogP) is 3.61. The van der Waals surface area contributed by atoms with E-state index in [-0.39, 0.29) is 36.1 Å². The molecule has 2 rings (SSSR count). The van der Waals surface area contributed by atoms with E-state index in [1.54, 1.807) is 7.05 Å². The van der Waals surface area contributed by atoms with Crippen LogP contribution < -0.4 is 10.6 Å². The Balaban J connectivity index is 0.00000338. The molecule has 1 aromatic carbocycles. The lowest BCUT2D eigenvalue weighted by Crippen LogP contribution is -2.38. The van der Waals surface area contributed by atoms with Gasteiger partial charge < -0.3 is 15.5 Å². The summed E-state index contributed by atoms with van der Waals surface area (Å²) in [6.45, 7) is 3.88. The summed E-state index contributed by atoms with van der Waals surface area (Å²) >= 11 is 0. The van der Waals surface area contributed by atoms with Gasteiger partial charge in [-0.15, -0.1) is 24.0 Å². The predicted molar refractivity (Wildman–Crippen MR) is 105 cm³/mol. The van der Waals surface area contributed by atoms with Crippen molar-refractivity contribution >= 4 is 29.9 Å². The lowest BCUT2D eigenvalue weighted by Gasteiger charge is -2.17. The maximum absolute atomic E-state index is 13.1. The maximum Gasteiger partial charge on any atom is 0.416 e. The second-order valence-corrected chi connectivity index (χ2v) is 6.05. The number of guanidine groups is 1. The van der Waals surface area contributed by atoms with E-state index in [0.29, 0.717) is 18.6 Å². The van der Waals surface area contributed by atoms with E-state index in [1.165, 1.54) is 12.8 Å². The second-order valence-electron chi connectivity index (χ2n) is 6.05. The fourth-order valence-electron chi connectivity index (χ4n) is 2.88. The molecule has 0 spiro atoms. The van der Waals surface area contributed by atoms with Crippen LogP contribution in [0.3, 0.4) is 0 Å². The van der Waals surface area contributed by atoms with Crippen LogP contribution in [0, 0.1) is 5.82 Å². The lowest BCUT2D eigenvalue weighted by atomic mass is 10.1. The molecule has 0 aliphatic carbocycles. The molecular weight excluding hydrogens is 463 g/mol. The van der Waals surface area contributed by atoms with Gasteiger partial charge in [-0.25, -0.2) is 4.39 Å². The van der Waals surface area contributed by atoms with Crippen LogP contribution >= 0.6 is 24.0 Å². The highest BCUT2D eigenvalue weighted by Gasteiger charge is 2.33. The van der Waals surface area contributed by atoms with Crippen LogP contribution in [0.15, 0.2) is 23.2 Å². The Morgan fingerprint density at radius 2 is 1.88 bits per heavy atom. The van der Waals surface area contributed by atoms with Crippen molar-refractivity contribution in [2.45, 2.75) is 32.0 Å². The third-order valence-corrected chi connectivity index (χ3v) is 4.19. The van der Waals surface area contributed by atoms with E-state index in [9.17, 15) is 17.6 Å². The van der Waals surface area contributed by atoms with Gasteiger partial charge in [-0.2, -0.15) is 13.2 Å². The normalized spacial score (nSPS) is 15.7. The SMILES string of the molecule is CN=C(NCCCN1CCCC1)NCc1ccc(F)cc1C(F)(F)F.I. The zero-order valence-corrected chi connectivity index (χ0v) is 17.0. The van der Waals surface area contributed by atoms with Crippen molar-refractivity contribution in [2.75, 3.05) is 33.2 Å². The van der Waals surface area contributed by atoms with Crippen molar-refractivity contribution in [3.63, 3.8) is 0 Å². The van der Waals surface area contributed by atoms with Gasteiger partial charge in [0.25, 0.3) is 0 Å². The van der Waals surface area contributed by atoms with Gasteiger partial charge in [-0.3, -0.25) is 4.99 Å². The van der Waals surface area contributed by atoms with E-state index in [1.807, 2.05) is 0 Å². The molecule has 0 bridgehead atoms. The number of alkyl halides is 3. The Labute approximate surface area is 168 Å². The van der Waals surface area contributed by atoms with Crippen LogP contribution in [-0.2, 0) is 12.7 Å². The molecule has 0 unspecified atom stereocenters. The highest BCUT2D eigenvalue weighted by molar-refractivity contribution is 14.0. The lowest BCUT2D eigenvalue weighted by molar-refractivity contribution is -0.138. The minimum Gasteiger partial charge on any atom is -0.356 e. The topological polar surface area (TPSA) is 39.7 Å². The average Bonchev–Trinajstić information content (AvgIpc) is 3.07. The third-order valence-electron chi connectivity index (χ3n) is 4.19. The first-order chi connectivity index (χ1) is 11.9. The van der Waals surface area contributed by atoms with E-state index < -0.39 is 17.6 Å². The molecule has 1 fully saturated rings. The van der Waals surface area contributed by atoms with Crippen LogP contribution in [0.4, 0.5) is 17.6 Å². The van der Waals surface area contributed by atoms with Gasteiger partial charge in [0.2, 0.25) is 0 Å². The zero-order valence-electron chi connectivity index (χ0n) is 14.7. The highest BCUT2D eigenvalue weighted by atomic mass is 127. The van der Waals surface area contributed by atoms with E-state index >= 15 is 0 Å². The first-order valence-electron chi connectivity index (χ1n) is 8.42. The minimum absolute atomic E-state index is 0. The van der Waals surface area contributed by atoms with Crippen molar-refractivity contribution < 1.29 is 17.6 Å². The van der Waals surface area contributed by atoms with Gasteiger partial charge in [-0.1, -0.05) is 6.07 Å². The summed E-state index contributed by atoms with van der Waals surface area (Å²) in [5.41, 5.74) is -0.988. The number of rotatable bonds is 6. The summed E-state index contributed by atoms with van der Waals surface area (Å²) in [5.74, 6) is -0.473. The van der Waals surface area contributed by atoms with Gasteiger partial charge in [-0.05, 0) is 56.6 Å². The Morgan fingerprint density at radius 3 is 2.50 bits per heavy atom. The molecule has 1 aromatic rings. The van der Waals surface area contributed by atoms with Crippen molar-refractivity contribution in [1.29, 1.82) is 0 Å². The summed E-state index contributed by atoms with van der Waals surface area (Å²) in [6.07, 6.45) is -1.16. The summed E-state index contributed by atoms with van der Waals surface area (Å²) in [6, 6.07) is 2.69. The minimum atomic E-state index is -4.59. The van der Waals surface area contributed by atoms with Crippen LogP contribution in [0.1, 0.15) is 30.4 Å². The molecule has 0 amide bonds. The molecule has 0 atom stereocenters. The Morgan fingerprint density at radius 1 is 1.19 bits per heavy atom. The quantitative estimate of drug-likeness (QED) is 0.211. The van der Waals surface area contributed by atoms with Crippen molar-refractivity contribution in [2.24, 2.45) is 4.99 Å². The molecule has 1 heterocycles. The summed E-state index contributed by atoms with van der Waals surface area (Å²) in [4.78, 5) is 6.40. The fraction of sp³-hybridized carbons (Fsp3) is 0.588. The van der Waals surface area contributed by atoms with Crippen LogP contribution in [0.2, 0.25) is 0 Å². The summed E-state index contributed by atoms with van der Waals surface area (Å²) in [5, 5.41) is 5.94. The molecule has 0 radical (unpaired) electrons. The monoisotopic (exact) mass is 488 g/mol. The highest BCUT2D eigenvalue weighted by Crippen LogP contribution is 2.32. The van der Waals surface area contributed by atoms with Crippen LogP contribution in [0.5, 0.6) is 0 Å². The smallest absolute Gasteiger partial charge is 0.356 e. The molecule has 1 aliphatic heterocycles. The molecule has 26 heavy (non-hydrogen) atoms. The molecule has 0 saturated carbocycles. The zero-order chi connectivity index (χ0) is 18.3. The summed E-state index contributed by atoms with van der Waals surface area (Å²) in [7, 11) is 1.56. The molecule has 148 valence electrons. The van der Waals surface area contributed by atoms with Crippen LogP contribution in [0.25, 0.3) is 0 Å². The van der Waals surface area contributed by atoms with Crippen LogP contribution in [-0.4, -0.2) is 44.1 Å². The Bertz CT molecular complexity index is 587. The number of nitrogens with one attached hydrogen (secondary N) is 2. The maximum atomic E-state index is 13.1. The number of hydrogen-bond donors (Lipinski definition) is 2. The molecule has 9 heteroatoms. The second kappa shape index (κ2) is 10.9. The molecular formula is C17H25F4IN4. The van der Waals surface area contributed by atoms with Gasteiger partial charge in [0.15, 0.2) is 5.96 Å². The third kappa shape index (κ3) is 7.26. The van der Waals surface area contributed by atoms with Crippen molar-refractivity contribution in [1.82, 2.24) is 15.5 Å². The molecule has 1 aliphatic rings. The first-order valence-corrected chi connectivity index (χ1v) is 8.42. The van der Waals surface area contributed by atoms with Gasteiger partial charge in [0, 0.05) is 20.1 Å². The average molecular weight is 488 g/mol. The van der Waals surface area contributed by atoms with Crippen molar-refractivity contribution in [3.8, 4) is 0 Å². The van der Waals surface area contributed by atoms with Gasteiger partial charge >= 0.3 is 6.18 Å². The van der Waals surface area contributed by atoms with Crippen molar-refractivity contribution in [3.05, 3.63) is 35.1 Å². The van der Waals surface area contributed by atoms with E-state index in [0.717, 1.165) is 38.2 Å². The molecule has 0 aromatic heterocycles. The molecule has 2 N–H and O–H groups in total. The molecule has 1 saturated heterocycles. The molecule has 4 nitrogen and oxygen atoms in total. The number of hydrogen-bond acceptors (Lipinski definition) is 2. The summed E-state index contributed by atoms with van der Waals surface area (Å²) < 4.78 is 52.1. The van der Waals surface area contributed by atoms with E-state index in [4.69, 9.17) is 0 Å². The fourth-order valence-corrected chi connectivity index (χ4v) is 2.88. The number of halogens is 5. The van der Waals surface area contributed by atoms with E-state index in [2.05, 4.69) is 20.5 Å². The Hall–Kier alpha value is -1.10. The number of benzene rings is 1.